The fourth-order valence-corrected chi connectivity index (χ4v) is 2.21. The lowest BCUT2D eigenvalue weighted by atomic mass is 10.5. The molecule has 0 rings (SSSR count). The zero-order valence-corrected chi connectivity index (χ0v) is 9.58. The number of rotatable bonds is 5. The average Bonchev–Trinajstić information content (AvgIpc) is 1.99. The molecule has 6 nitrogen and oxygen atoms in total. The molecule has 0 aliphatic rings. The van der Waals surface area contributed by atoms with E-state index in [1.807, 2.05) is 0 Å². The number of hydroxylamine groups is 1. The Morgan fingerprint density at radius 2 is 1.57 bits per heavy atom. The predicted octanol–water partition coefficient (Wildman–Crippen LogP) is 2.13. The maximum absolute atomic E-state index is 11.7. The Hall–Kier alpha value is -0.420. The molecule has 0 unspecified atom stereocenters. The zero-order valence-electron chi connectivity index (χ0n) is 8.68. The molecule has 2 N–H and O–H groups in total. The molecule has 84 valence electrons. The lowest BCUT2D eigenvalue weighted by Crippen LogP contribution is -2.22. The maximum atomic E-state index is 11.7. The normalized spacial score (nSPS) is 12.2. The van der Waals surface area contributed by atoms with E-state index < -0.39 is 25.5 Å². The van der Waals surface area contributed by atoms with Gasteiger partial charge in [-0.15, -0.1) is 0 Å². The summed E-state index contributed by atoms with van der Waals surface area (Å²) >= 11 is 0. The van der Waals surface area contributed by atoms with Crippen LogP contribution in [0.1, 0.15) is 27.7 Å². The summed E-state index contributed by atoms with van der Waals surface area (Å²) in [4.78, 5) is 11.0. The molecule has 0 aromatic carbocycles. The molecule has 0 saturated heterocycles. The van der Waals surface area contributed by atoms with Crippen LogP contribution in [0.25, 0.3) is 0 Å². The molecule has 0 fully saturated rings. The van der Waals surface area contributed by atoms with Crippen LogP contribution in [0.3, 0.4) is 0 Å². The molecule has 0 aromatic heterocycles. The van der Waals surface area contributed by atoms with Crippen LogP contribution in [-0.4, -0.2) is 23.1 Å². The van der Waals surface area contributed by atoms with Gasteiger partial charge >= 0.3 is 13.2 Å². The first kappa shape index (κ1) is 13.6. The van der Waals surface area contributed by atoms with E-state index in [9.17, 15) is 9.36 Å². The Bertz CT molecular complexity index is 226. The molecule has 0 radical (unpaired) electrons. The second kappa shape index (κ2) is 5.46. The van der Waals surface area contributed by atoms with Crippen LogP contribution >= 0.6 is 7.60 Å². The van der Waals surface area contributed by atoms with Crippen molar-refractivity contribution in [2.75, 3.05) is 0 Å². The molecule has 0 aromatic rings. The van der Waals surface area contributed by atoms with Gasteiger partial charge in [-0.3, -0.25) is 19.0 Å². The van der Waals surface area contributed by atoms with E-state index >= 15 is 0 Å². The van der Waals surface area contributed by atoms with Crippen molar-refractivity contribution in [1.82, 2.24) is 5.48 Å². The van der Waals surface area contributed by atoms with Crippen LogP contribution in [0, 0.1) is 0 Å². The molecule has 0 aliphatic heterocycles. The molecule has 0 spiro atoms. The number of hydrogen-bond donors (Lipinski definition) is 2. The molecule has 14 heavy (non-hydrogen) atoms. The SMILES string of the molecule is CC(C)OP(=O)(OC(C)C)C(=O)NO. The van der Waals surface area contributed by atoms with Crippen LogP contribution in [0.5, 0.6) is 0 Å². The number of carbonyl (C=O) groups is 1. The van der Waals surface area contributed by atoms with Gasteiger partial charge in [-0.2, -0.15) is 0 Å². The van der Waals surface area contributed by atoms with Gasteiger partial charge in [0, 0.05) is 0 Å². The highest BCUT2D eigenvalue weighted by atomic mass is 31.2. The van der Waals surface area contributed by atoms with Gasteiger partial charge in [0.25, 0.3) is 0 Å². The van der Waals surface area contributed by atoms with Gasteiger partial charge in [-0.05, 0) is 27.7 Å². The molecule has 7 heteroatoms. The zero-order chi connectivity index (χ0) is 11.4. The Kier molecular flexibility index (Phi) is 5.29. The molecule has 0 aliphatic carbocycles. The maximum Gasteiger partial charge on any atom is 0.420 e. The summed E-state index contributed by atoms with van der Waals surface area (Å²) in [5, 5.41) is 8.36. The summed E-state index contributed by atoms with van der Waals surface area (Å²) in [5.41, 5.74) is 0.111. The minimum Gasteiger partial charge on any atom is -0.299 e. The van der Waals surface area contributed by atoms with Crippen LogP contribution in [0.15, 0.2) is 0 Å². The summed E-state index contributed by atoms with van der Waals surface area (Å²) < 4.78 is 21.5. The third-order valence-electron chi connectivity index (χ3n) is 1.04. The van der Waals surface area contributed by atoms with Crippen molar-refractivity contribution in [2.45, 2.75) is 39.9 Å². The molecule has 0 heterocycles. The highest BCUT2D eigenvalue weighted by molar-refractivity contribution is 7.71. The molecule has 0 saturated carbocycles. The standard InChI is InChI=1S/C7H16NO5P/c1-5(2)12-14(11,7(9)8-10)13-6(3)4/h5-6,10H,1-4H3,(H,8,9). The van der Waals surface area contributed by atoms with E-state index in [0.29, 0.717) is 0 Å². The number of carbonyl (C=O) groups excluding carboxylic acids is 1. The van der Waals surface area contributed by atoms with E-state index in [1.165, 1.54) is 5.48 Å². The van der Waals surface area contributed by atoms with Gasteiger partial charge in [0.15, 0.2) is 0 Å². The summed E-state index contributed by atoms with van der Waals surface area (Å²) in [7, 11) is -3.92. The van der Waals surface area contributed by atoms with E-state index in [2.05, 4.69) is 0 Å². The summed E-state index contributed by atoms with van der Waals surface area (Å²) in [6.07, 6.45) is -0.867. The van der Waals surface area contributed by atoms with Gasteiger partial charge in [0.05, 0.1) is 12.2 Å². The molecular weight excluding hydrogens is 209 g/mol. The second-order valence-corrected chi connectivity index (χ2v) is 5.05. The monoisotopic (exact) mass is 225 g/mol. The van der Waals surface area contributed by atoms with Crippen molar-refractivity contribution < 1.29 is 23.6 Å². The Morgan fingerprint density at radius 1 is 1.21 bits per heavy atom. The topological polar surface area (TPSA) is 84.9 Å². The molecule has 1 amide bonds. The van der Waals surface area contributed by atoms with Crippen LogP contribution in [-0.2, 0) is 13.6 Å². The van der Waals surface area contributed by atoms with Crippen LogP contribution in [0.2, 0.25) is 0 Å². The van der Waals surface area contributed by atoms with Crippen LogP contribution < -0.4 is 5.48 Å². The number of amides is 1. The first-order valence-electron chi connectivity index (χ1n) is 4.23. The van der Waals surface area contributed by atoms with Gasteiger partial charge in [0.1, 0.15) is 0 Å². The Labute approximate surface area is 83.1 Å². The third-order valence-corrected chi connectivity index (χ3v) is 3.04. The highest BCUT2D eigenvalue weighted by Crippen LogP contribution is 2.50. The van der Waals surface area contributed by atoms with Crippen molar-refractivity contribution in [2.24, 2.45) is 0 Å². The molecule has 0 atom stereocenters. The summed E-state index contributed by atoms with van der Waals surface area (Å²) in [6, 6.07) is 0. The quantitative estimate of drug-likeness (QED) is 0.425. The Balaban J connectivity index is 4.67. The summed E-state index contributed by atoms with van der Waals surface area (Å²) in [5.74, 6) is 0. The largest absolute Gasteiger partial charge is 0.420 e. The first-order valence-corrected chi connectivity index (χ1v) is 5.77. The average molecular weight is 225 g/mol. The van der Waals surface area contributed by atoms with Crippen molar-refractivity contribution in [3.63, 3.8) is 0 Å². The molecule has 0 bridgehead atoms. The third kappa shape index (κ3) is 4.19. The molecular formula is C7H16NO5P. The number of nitrogens with one attached hydrogen (secondary N) is 1. The van der Waals surface area contributed by atoms with Gasteiger partial charge in [-0.1, -0.05) is 0 Å². The van der Waals surface area contributed by atoms with Gasteiger partial charge in [0.2, 0.25) is 0 Å². The number of hydrogen-bond acceptors (Lipinski definition) is 5. The van der Waals surface area contributed by atoms with Crippen molar-refractivity contribution >= 4 is 13.2 Å². The predicted molar refractivity (Wildman–Crippen MR) is 50.4 cm³/mol. The minimum atomic E-state index is -3.92. The van der Waals surface area contributed by atoms with E-state index in [-0.39, 0.29) is 0 Å². The Morgan fingerprint density at radius 3 is 1.79 bits per heavy atom. The fourth-order valence-electron chi connectivity index (χ4n) is 0.737. The lowest BCUT2D eigenvalue weighted by molar-refractivity contribution is 0.129. The van der Waals surface area contributed by atoms with Gasteiger partial charge in [-0.25, -0.2) is 10.0 Å². The van der Waals surface area contributed by atoms with E-state index in [0.717, 1.165) is 0 Å². The van der Waals surface area contributed by atoms with E-state index in [1.54, 1.807) is 27.7 Å². The smallest absolute Gasteiger partial charge is 0.299 e. The lowest BCUT2D eigenvalue weighted by Gasteiger charge is -2.20. The van der Waals surface area contributed by atoms with Crippen molar-refractivity contribution in [3.05, 3.63) is 0 Å². The van der Waals surface area contributed by atoms with Crippen LogP contribution in [0.4, 0.5) is 4.79 Å². The fraction of sp³-hybridized carbons (Fsp3) is 0.857. The van der Waals surface area contributed by atoms with E-state index in [4.69, 9.17) is 14.3 Å². The second-order valence-electron chi connectivity index (χ2n) is 3.22. The minimum absolute atomic E-state index is 0.433. The van der Waals surface area contributed by atoms with Gasteiger partial charge < -0.3 is 0 Å². The summed E-state index contributed by atoms with van der Waals surface area (Å²) in [6.45, 7) is 6.45. The highest BCUT2D eigenvalue weighted by Gasteiger charge is 2.37. The first-order chi connectivity index (χ1) is 6.31. The van der Waals surface area contributed by atoms with Crippen molar-refractivity contribution in [1.29, 1.82) is 0 Å². The van der Waals surface area contributed by atoms with Crippen molar-refractivity contribution in [3.8, 4) is 0 Å².